The highest BCUT2D eigenvalue weighted by molar-refractivity contribution is 5.95. The Bertz CT molecular complexity index is 519. The van der Waals surface area contributed by atoms with Crippen molar-refractivity contribution in [2.75, 3.05) is 12.2 Å². The molecule has 0 heterocycles. The first-order chi connectivity index (χ1) is 9.17. The molecular formula is C14H19NO5. The van der Waals surface area contributed by atoms with Gasteiger partial charge in [0.25, 0.3) is 0 Å². The molecule has 0 aromatic heterocycles. The molecule has 0 spiro atoms. The highest BCUT2D eigenvalue weighted by Gasteiger charge is 2.24. The smallest absolute Gasteiger partial charge is 0.439 e. The second-order valence-electron chi connectivity index (χ2n) is 5.23. The zero-order valence-corrected chi connectivity index (χ0v) is 12.3. The molecule has 1 amide bonds. The Morgan fingerprint density at radius 3 is 2.35 bits per heavy atom. The maximum Gasteiger partial charge on any atom is 0.439 e. The number of methoxy groups -OCH3 is 1. The van der Waals surface area contributed by atoms with Crippen molar-refractivity contribution in [3.05, 3.63) is 29.3 Å². The highest BCUT2D eigenvalue weighted by atomic mass is 16.6. The highest BCUT2D eigenvalue weighted by Crippen LogP contribution is 2.24. The van der Waals surface area contributed by atoms with Gasteiger partial charge in [0.1, 0.15) is 5.60 Å². The molecule has 0 aliphatic heterocycles. The summed E-state index contributed by atoms with van der Waals surface area (Å²) < 4.78 is 9.69. The summed E-state index contributed by atoms with van der Waals surface area (Å²) in [6.45, 7) is 6.68. The third-order valence-electron chi connectivity index (χ3n) is 2.51. The average molecular weight is 281 g/mol. The molecule has 110 valence electrons. The van der Waals surface area contributed by atoms with Crippen molar-refractivity contribution in [3.8, 4) is 0 Å². The van der Waals surface area contributed by atoms with Crippen LogP contribution in [-0.2, 0) is 9.47 Å². The minimum atomic E-state index is -0.914. The molecule has 1 rings (SSSR count). The first-order valence-corrected chi connectivity index (χ1v) is 6.07. The SMILES string of the molecule is COC(=O)c1cccc(N(O)C(=O)OC(C)(C)C)c1C. The van der Waals surface area contributed by atoms with Crippen LogP contribution in [0.3, 0.4) is 0 Å². The molecule has 0 saturated heterocycles. The number of hydrogen-bond donors (Lipinski definition) is 1. The van der Waals surface area contributed by atoms with E-state index < -0.39 is 17.7 Å². The molecule has 20 heavy (non-hydrogen) atoms. The van der Waals surface area contributed by atoms with Crippen LogP contribution in [0.5, 0.6) is 0 Å². The van der Waals surface area contributed by atoms with Gasteiger partial charge in [-0.15, -0.1) is 0 Å². The van der Waals surface area contributed by atoms with Crippen LogP contribution < -0.4 is 5.06 Å². The maximum absolute atomic E-state index is 11.8. The Morgan fingerprint density at radius 1 is 1.25 bits per heavy atom. The summed E-state index contributed by atoms with van der Waals surface area (Å²) in [4.78, 5) is 23.4. The van der Waals surface area contributed by atoms with Gasteiger partial charge in [0.15, 0.2) is 0 Å². The quantitative estimate of drug-likeness (QED) is 0.512. The lowest BCUT2D eigenvalue weighted by molar-refractivity contribution is 0.0405. The van der Waals surface area contributed by atoms with E-state index in [-0.39, 0.29) is 11.3 Å². The number of nitrogens with zero attached hydrogens (tertiary/aromatic N) is 1. The fourth-order valence-corrected chi connectivity index (χ4v) is 1.59. The van der Waals surface area contributed by atoms with E-state index in [1.165, 1.54) is 13.2 Å². The largest absolute Gasteiger partial charge is 0.465 e. The van der Waals surface area contributed by atoms with Gasteiger partial charge in [-0.05, 0) is 45.4 Å². The Morgan fingerprint density at radius 2 is 1.85 bits per heavy atom. The van der Waals surface area contributed by atoms with Crippen molar-refractivity contribution in [3.63, 3.8) is 0 Å². The molecule has 0 bridgehead atoms. The lowest BCUT2D eigenvalue weighted by Gasteiger charge is -2.24. The lowest BCUT2D eigenvalue weighted by atomic mass is 10.1. The minimum Gasteiger partial charge on any atom is -0.465 e. The number of hydrogen-bond acceptors (Lipinski definition) is 5. The summed E-state index contributed by atoms with van der Waals surface area (Å²) in [6, 6.07) is 4.60. The standard InChI is InChI=1S/C14H19NO5/c1-9-10(12(16)19-5)7-6-8-11(9)15(18)13(17)20-14(2,3)4/h6-8,18H,1-5H3. The van der Waals surface area contributed by atoms with Crippen molar-refractivity contribution in [1.29, 1.82) is 0 Å². The van der Waals surface area contributed by atoms with E-state index in [1.54, 1.807) is 39.8 Å². The number of ether oxygens (including phenoxy) is 2. The summed E-state index contributed by atoms with van der Waals surface area (Å²) in [5, 5.41) is 10.3. The van der Waals surface area contributed by atoms with Crippen LogP contribution in [0.4, 0.5) is 10.5 Å². The molecule has 0 atom stereocenters. The van der Waals surface area contributed by atoms with Crippen LogP contribution in [0.1, 0.15) is 36.7 Å². The molecule has 6 heteroatoms. The number of hydroxylamine groups is 1. The Balaban J connectivity index is 3.08. The maximum atomic E-state index is 11.8. The van der Waals surface area contributed by atoms with E-state index >= 15 is 0 Å². The molecule has 0 fully saturated rings. The summed E-state index contributed by atoms with van der Waals surface area (Å²) in [7, 11) is 1.26. The first kappa shape index (κ1) is 16.0. The number of rotatable bonds is 2. The number of esters is 1. The second-order valence-corrected chi connectivity index (χ2v) is 5.23. The van der Waals surface area contributed by atoms with Gasteiger partial charge in [0.2, 0.25) is 0 Å². The van der Waals surface area contributed by atoms with Crippen molar-refractivity contribution < 1.29 is 24.3 Å². The van der Waals surface area contributed by atoms with Crippen LogP contribution in [0.15, 0.2) is 18.2 Å². The molecule has 1 aromatic carbocycles. The zero-order valence-electron chi connectivity index (χ0n) is 12.3. The van der Waals surface area contributed by atoms with Crippen molar-refractivity contribution >= 4 is 17.7 Å². The summed E-state index contributed by atoms with van der Waals surface area (Å²) in [5.74, 6) is -0.540. The van der Waals surface area contributed by atoms with Gasteiger partial charge in [-0.25, -0.2) is 9.59 Å². The summed E-state index contributed by atoms with van der Waals surface area (Å²) >= 11 is 0. The normalized spacial score (nSPS) is 10.9. The Labute approximate surface area is 117 Å². The number of carbonyl (C=O) groups is 2. The van der Waals surface area contributed by atoms with E-state index in [9.17, 15) is 14.8 Å². The fourth-order valence-electron chi connectivity index (χ4n) is 1.59. The second kappa shape index (κ2) is 5.92. The van der Waals surface area contributed by atoms with Gasteiger partial charge < -0.3 is 9.47 Å². The number of anilines is 1. The fraction of sp³-hybridized carbons (Fsp3) is 0.429. The van der Waals surface area contributed by atoms with Crippen LogP contribution in [-0.4, -0.2) is 30.0 Å². The number of carbonyl (C=O) groups excluding carboxylic acids is 2. The average Bonchev–Trinajstić information content (AvgIpc) is 2.35. The van der Waals surface area contributed by atoms with Crippen molar-refractivity contribution in [2.24, 2.45) is 0 Å². The summed E-state index contributed by atoms with van der Waals surface area (Å²) in [6.07, 6.45) is -0.914. The molecule has 0 saturated carbocycles. The Kier molecular flexibility index (Phi) is 4.73. The predicted octanol–water partition coefficient (Wildman–Crippen LogP) is 2.91. The van der Waals surface area contributed by atoms with Gasteiger partial charge in [-0.1, -0.05) is 6.07 Å². The number of benzene rings is 1. The van der Waals surface area contributed by atoms with Gasteiger partial charge in [-0.2, -0.15) is 5.06 Å². The summed E-state index contributed by atoms with van der Waals surface area (Å²) in [5.41, 5.74) is 0.133. The molecule has 0 aliphatic rings. The van der Waals surface area contributed by atoms with Gasteiger partial charge in [0.05, 0.1) is 18.4 Å². The lowest BCUT2D eigenvalue weighted by Crippen LogP contribution is -2.35. The third kappa shape index (κ3) is 3.71. The molecular weight excluding hydrogens is 262 g/mol. The van der Waals surface area contributed by atoms with Gasteiger partial charge in [-0.3, -0.25) is 5.21 Å². The predicted molar refractivity (Wildman–Crippen MR) is 73.0 cm³/mol. The molecule has 0 unspecified atom stereocenters. The molecule has 1 aromatic rings. The third-order valence-corrected chi connectivity index (χ3v) is 2.51. The van der Waals surface area contributed by atoms with Crippen molar-refractivity contribution in [2.45, 2.75) is 33.3 Å². The van der Waals surface area contributed by atoms with E-state index in [2.05, 4.69) is 4.74 Å². The monoisotopic (exact) mass is 281 g/mol. The van der Waals surface area contributed by atoms with E-state index in [0.29, 0.717) is 10.6 Å². The van der Waals surface area contributed by atoms with Gasteiger partial charge in [0, 0.05) is 0 Å². The minimum absolute atomic E-state index is 0.169. The van der Waals surface area contributed by atoms with Crippen LogP contribution in [0, 0.1) is 6.92 Å². The molecule has 1 N–H and O–H groups in total. The van der Waals surface area contributed by atoms with Crippen LogP contribution in [0.2, 0.25) is 0 Å². The first-order valence-electron chi connectivity index (χ1n) is 6.07. The van der Waals surface area contributed by atoms with Crippen LogP contribution in [0.25, 0.3) is 0 Å². The van der Waals surface area contributed by atoms with Crippen LogP contribution >= 0.6 is 0 Å². The molecule has 0 aliphatic carbocycles. The van der Waals surface area contributed by atoms with E-state index in [4.69, 9.17) is 4.74 Å². The number of amides is 1. The van der Waals surface area contributed by atoms with Crippen molar-refractivity contribution in [1.82, 2.24) is 0 Å². The molecule has 6 nitrogen and oxygen atoms in total. The Hall–Kier alpha value is -2.08. The van der Waals surface area contributed by atoms with E-state index in [1.807, 2.05) is 0 Å². The topological polar surface area (TPSA) is 76.1 Å². The zero-order chi connectivity index (χ0) is 15.5. The van der Waals surface area contributed by atoms with Gasteiger partial charge >= 0.3 is 12.1 Å². The van der Waals surface area contributed by atoms with E-state index in [0.717, 1.165) is 0 Å². The molecule has 0 radical (unpaired) electrons.